The normalized spacial score (nSPS) is 11.9. The lowest BCUT2D eigenvalue weighted by molar-refractivity contribution is -0.135. The van der Waals surface area contributed by atoms with Gasteiger partial charge in [0.25, 0.3) is 5.91 Å². The van der Waals surface area contributed by atoms with Crippen molar-refractivity contribution in [1.82, 2.24) is 31.6 Å². The van der Waals surface area contributed by atoms with Gasteiger partial charge in [0.15, 0.2) is 0 Å². The molecule has 0 saturated carbocycles. The van der Waals surface area contributed by atoms with Crippen LogP contribution < -0.4 is 26.6 Å². The molecule has 0 bridgehead atoms. The maximum atomic E-state index is 13.6. The first-order chi connectivity index (χ1) is 23.0. The van der Waals surface area contributed by atoms with Gasteiger partial charge in [0, 0.05) is 43.4 Å². The predicted octanol–water partition coefficient (Wildman–Crippen LogP) is 0.768. The molecule has 1 aromatic heterocycles. The number of rotatable bonds is 16. The van der Waals surface area contributed by atoms with Gasteiger partial charge in [0.05, 0.1) is 19.3 Å². The van der Waals surface area contributed by atoms with E-state index in [9.17, 15) is 33.9 Å². The summed E-state index contributed by atoms with van der Waals surface area (Å²) in [6.07, 6.45) is 4.63. The van der Waals surface area contributed by atoms with Crippen LogP contribution in [0.3, 0.4) is 0 Å². The van der Waals surface area contributed by atoms with E-state index in [4.69, 9.17) is 0 Å². The van der Waals surface area contributed by atoms with Gasteiger partial charge in [-0.3, -0.25) is 29.0 Å². The number of aryl methyl sites for hydroxylation is 1. The molecule has 3 aromatic rings. The van der Waals surface area contributed by atoms with Crippen LogP contribution in [0.5, 0.6) is 5.75 Å². The highest BCUT2D eigenvalue weighted by Crippen LogP contribution is 2.17. The Labute approximate surface area is 277 Å². The van der Waals surface area contributed by atoms with Crippen molar-refractivity contribution in [1.29, 1.82) is 0 Å². The lowest BCUT2D eigenvalue weighted by Crippen LogP contribution is -2.57. The summed E-state index contributed by atoms with van der Waals surface area (Å²) in [5.41, 5.74) is 2.61. The second-order valence-corrected chi connectivity index (χ2v) is 10.5. The zero-order valence-corrected chi connectivity index (χ0v) is 26.5. The Morgan fingerprint density at radius 3 is 2.23 bits per heavy atom. The summed E-state index contributed by atoms with van der Waals surface area (Å²) in [5.74, 6) is -3.53. The van der Waals surface area contributed by atoms with Crippen LogP contribution in [0, 0.1) is 0 Å². The van der Waals surface area contributed by atoms with Crippen LogP contribution in [0.25, 0.3) is 11.3 Å². The number of amides is 5. The Morgan fingerprint density at radius 2 is 1.58 bits per heavy atom. The average Bonchev–Trinajstić information content (AvgIpc) is 3.09. The first-order valence-corrected chi connectivity index (χ1v) is 15.0. The van der Waals surface area contributed by atoms with Crippen molar-refractivity contribution in [2.75, 3.05) is 26.7 Å². The molecule has 14 nitrogen and oxygen atoms in total. The molecule has 3 rings (SSSR count). The van der Waals surface area contributed by atoms with Crippen LogP contribution in [0.2, 0.25) is 0 Å². The second-order valence-electron chi connectivity index (χ2n) is 10.5. The smallest absolute Gasteiger partial charge is 0.330 e. The number of esters is 1. The largest absolute Gasteiger partial charge is 0.508 e. The SMILES string of the molecule is COC(=O)/C=C\CNC(=O)CNC(=O)[C@H](CNC(C)=O)NC(=O)[C@H](CCc1ccc(O)cc1)NC(=O)c1ccc(-c2ccccn2)cc1. The van der Waals surface area contributed by atoms with Gasteiger partial charge in [0.1, 0.15) is 17.8 Å². The van der Waals surface area contributed by atoms with E-state index in [0.717, 1.165) is 22.9 Å². The number of phenolic OH excluding ortho intramolecular Hbond substituents is 1. The summed E-state index contributed by atoms with van der Waals surface area (Å²) in [4.78, 5) is 79.2. The quantitative estimate of drug-likeness (QED) is 0.0949. The van der Waals surface area contributed by atoms with Gasteiger partial charge >= 0.3 is 5.97 Å². The summed E-state index contributed by atoms with van der Waals surface area (Å²) in [6.45, 7) is 0.507. The molecule has 0 radical (unpaired) electrons. The molecule has 1 heterocycles. The molecule has 0 spiro atoms. The van der Waals surface area contributed by atoms with Crippen molar-refractivity contribution in [2.24, 2.45) is 0 Å². The molecule has 252 valence electrons. The Morgan fingerprint density at radius 1 is 0.854 bits per heavy atom. The van der Waals surface area contributed by atoms with Crippen molar-refractivity contribution >= 4 is 35.5 Å². The highest BCUT2D eigenvalue weighted by atomic mass is 16.5. The Balaban J connectivity index is 1.71. The van der Waals surface area contributed by atoms with Gasteiger partial charge in [-0.15, -0.1) is 0 Å². The van der Waals surface area contributed by atoms with Crippen molar-refractivity contribution in [3.63, 3.8) is 0 Å². The molecule has 2 aromatic carbocycles. The van der Waals surface area contributed by atoms with Crippen LogP contribution in [-0.2, 0) is 35.1 Å². The number of nitrogens with one attached hydrogen (secondary N) is 5. The molecule has 0 aliphatic rings. The number of hydrogen-bond donors (Lipinski definition) is 6. The molecule has 5 amide bonds. The summed E-state index contributed by atoms with van der Waals surface area (Å²) >= 11 is 0. The molecule has 48 heavy (non-hydrogen) atoms. The molecular weight excluding hydrogens is 620 g/mol. The minimum absolute atomic E-state index is 0.00411. The van der Waals surface area contributed by atoms with Crippen molar-refractivity contribution in [3.05, 3.63) is 96.2 Å². The van der Waals surface area contributed by atoms with Crippen LogP contribution in [0.1, 0.15) is 29.3 Å². The van der Waals surface area contributed by atoms with E-state index in [1.165, 1.54) is 32.2 Å². The van der Waals surface area contributed by atoms with Crippen molar-refractivity contribution < 1.29 is 38.6 Å². The Hall–Kier alpha value is -6.05. The Bertz CT molecular complexity index is 1590. The summed E-state index contributed by atoms with van der Waals surface area (Å²) in [5, 5.41) is 22.3. The number of benzene rings is 2. The number of carbonyl (C=O) groups excluding carboxylic acids is 6. The maximum Gasteiger partial charge on any atom is 0.330 e. The van der Waals surface area contributed by atoms with E-state index in [2.05, 4.69) is 36.3 Å². The zero-order valence-electron chi connectivity index (χ0n) is 26.5. The molecule has 0 aliphatic heterocycles. The maximum absolute atomic E-state index is 13.6. The summed E-state index contributed by atoms with van der Waals surface area (Å²) in [6, 6.07) is 16.2. The number of aromatic nitrogens is 1. The van der Waals surface area contributed by atoms with E-state index < -0.39 is 54.1 Å². The summed E-state index contributed by atoms with van der Waals surface area (Å²) < 4.78 is 4.46. The third-order valence-electron chi connectivity index (χ3n) is 6.87. The van der Waals surface area contributed by atoms with Gasteiger partial charge in [-0.1, -0.05) is 36.4 Å². The fourth-order valence-corrected chi connectivity index (χ4v) is 4.29. The van der Waals surface area contributed by atoms with Crippen LogP contribution in [-0.4, -0.2) is 84.4 Å². The number of aromatic hydroxyl groups is 1. The van der Waals surface area contributed by atoms with Gasteiger partial charge in [-0.05, 0) is 54.8 Å². The second kappa shape index (κ2) is 18.8. The molecule has 2 atom stereocenters. The van der Waals surface area contributed by atoms with E-state index in [-0.39, 0.29) is 30.8 Å². The number of pyridine rings is 1. The van der Waals surface area contributed by atoms with Crippen LogP contribution in [0.4, 0.5) is 0 Å². The molecule has 0 fully saturated rings. The first-order valence-electron chi connectivity index (χ1n) is 15.0. The van der Waals surface area contributed by atoms with Crippen LogP contribution >= 0.6 is 0 Å². The molecule has 6 N–H and O–H groups in total. The first kappa shape index (κ1) is 36.4. The molecular formula is C34H38N6O8. The Kier molecular flexibility index (Phi) is 14.3. The molecule has 0 aliphatic carbocycles. The zero-order chi connectivity index (χ0) is 34.9. The lowest BCUT2D eigenvalue weighted by Gasteiger charge is -2.23. The third-order valence-corrected chi connectivity index (χ3v) is 6.87. The van der Waals surface area contributed by atoms with E-state index in [1.54, 1.807) is 48.7 Å². The molecule has 0 saturated heterocycles. The number of methoxy groups -OCH3 is 1. The van der Waals surface area contributed by atoms with Gasteiger partial charge in [0.2, 0.25) is 23.6 Å². The number of ether oxygens (including phenoxy) is 1. The van der Waals surface area contributed by atoms with E-state index >= 15 is 0 Å². The number of carbonyl (C=O) groups is 6. The van der Waals surface area contributed by atoms with E-state index in [0.29, 0.717) is 6.42 Å². The number of nitrogens with zero attached hydrogens (tertiary/aromatic N) is 1. The molecule has 14 heteroatoms. The fraction of sp³-hybridized carbons (Fsp3) is 0.265. The molecule has 0 unspecified atom stereocenters. The number of phenols is 1. The minimum atomic E-state index is -1.29. The van der Waals surface area contributed by atoms with Gasteiger partial charge in [-0.25, -0.2) is 4.79 Å². The highest BCUT2D eigenvalue weighted by Gasteiger charge is 2.27. The third kappa shape index (κ3) is 12.4. The van der Waals surface area contributed by atoms with Crippen molar-refractivity contribution in [3.8, 4) is 17.0 Å². The van der Waals surface area contributed by atoms with E-state index in [1.807, 2.05) is 12.1 Å². The summed E-state index contributed by atoms with van der Waals surface area (Å²) in [7, 11) is 1.21. The lowest BCUT2D eigenvalue weighted by atomic mass is 10.0. The monoisotopic (exact) mass is 658 g/mol. The standard InChI is InChI=1S/C34H38N6O8/c1-22(41)37-20-29(33(46)38-21-30(43)36-19-5-7-31(44)48-2)40-34(47)28(17-10-23-8-15-26(42)16-9-23)39-32(45)25-13-11-24(12-14-25)27-6-3-4-18-35-27/h3-9,11-16,18,28-29,42H,10,17,19-21H2,1-2H3,(H,36,43)(H,37,41)(H,38,46)(H,39,45)(H,40,47)/b7-5-/t28-,29-/m0/s1. The van der Waals surface area contributed by atoms with Gasteiger partial charge < -0.3 is 36.4 Å². The van der Waals surface area contributed by atoms with Crippen molar-refractivity contribution in [2.45, 2.75) is 31.8 Å². The predicted molar refractivity (Wildman–Crippen MR) is 175 cm³/mol. The topological polar surface area (TPSA) is 205 Å². The number of hydrogen-bond acceptors (Lipinski definition) is 9. The fourth-order valence-electron chi connectivity index (χ4n) is 4.29. The highest BCUT2D eigenvalue weighted by molar-refractivity contribution is 5.99. The van der Waals surface area contributed by atoms with Gasteiger partial charge in [-0.2, -0.15) is 0 Å². The average molecular weight is 659 g/mol. The minimum Gasteiger partial charge on any atom is -0.508 e. The van der Waals surface area contributed by atoms with Crippen LogP contribution in [0.15, 0.2) is 85.1 Å².